The number of carboxylic acids is 2. The lowest BCUT2D eigenvalue weighted by Crippen LogP contribution is -2.15. The molecule has 0 amide bonds. The van der Waals surface area contributed by atoms with Crippen molar-refractivity contribution in [3.05, 3.63) is 96.3 Å². The van der Waals surface area contributed by atoms with Crippen LogP contribution in [0.1, 0.15) is 21.0 Å². The Kier molecular flexibility index (Phi) is 18.0. The van der Waals surface area contributed by atoms with Gasteiger partial charge >= 0.3 is 22.3 Å². The van der Waals surface area contributed by atoms with Crippen molar-refractivity contribution in [1.29, 1.82) is 0 Å². The Balaban J connectivity index is 1.28. The normalized spacial score (nSPS) is 12.5. The highest BCUT2D eigenvalue weighted by atomic mass is 32.3. The Morgan fingerprint density at radius 2 is 1.05 bits per heavy atom. The number of hydrogen-bond donors (Lipinski definition) is 8. The number of carboxylic acid groups (broad SMARTS) is 2. The maximum absolute atomic E-state index is 12.8. The van der Waals surface area contributed by atoms with Crippen molar-refractivity contribution in [1.82, 2.24) is 19.6 Å². The Morgan fingerprint density at radius 1 is 0.595 bits per heavy atom. The fraction of sp³-hybridized carbons (Fsp3) is 0.111. The maximum atomic E-state index is 12.8. The number of benzene rings is 4. The van der Waals surface area contributed by atoms with E-state index in [9.17, 15) is 68.2 Å². The molecule has 4 aromatic carbocycles. The van der Waals surface area contributed by atoms with E-state index in [4.69, 9.17) is 19.3 Å². The van der Waals surface area contributed by atoms with Crippen LogP contribution < -0.4 is 0 Å². The van der Waals surface area contributed by atoms with E-state index >= 15 is 0 Å². The third kappa shape index (κ3) is 13.8. The highest BCUT2D eigenvalue weighted by molar-refractivity contribution is 7.94. The average molecular weight is 1150 g/mol. The van der Waals surface area contributed by atoms with Gasteiger partial charge in [-0.15, -0.1) is 18.9 Å². The monoisotopic (exact) mass is 1150 g/mol. The van der Waals surface area contributed by atoms with Crippen LogP contribution in [0.25, 0.3) is 22.5 Å². The zero-order valence-electron chi connectivity index (χ0n) is 36.0. The van der Waals surface area contributed by atoms with Crippen LogP contribution in [-0.2, 0) is 67.3 Å². The van der Waals surface area contributed by atoms with Gasteiger partial charge in [-0.1, -0.05) is 22.2 Å². The number of rotatable bonds is 25. The van der Waals surface area contributed by atoms with Crippen molar-refractivity contribution in [2.45, 2.75) is 19.6 Å². The molecule has 32 nitrogen and oxygen atoms in total. The number of nitrogens with zero attached hydrogens (tertiary/aromatic N) is 8. The molecule has 0 radical (unpaired) electrons. The van der Waals surface area contributed by atoms with Gasteiger partial charge in [-0.25, -0.2) is 41.1 Å². The summed E-state index contributed by atoms with van der Waals surface area (Å²) in [6.07, 6.45) is 0. The highest BCUT2D eigenvalue weighted by Crippen LogP contribution is 2.42. The molecule has 8 N–H and O–H groups in total. The molecule has 0 saturated heterocycles. The lowest BCUT2D eigenvalue weighted by atomic mass is 10.0. The quantitative estimate of drug-likeness (QED) is 0.00887. The number of aromatic nitrogens is 4. The maximum Gasteiger partial charge on any atom is 0.397 e. The molecule has 74 heavy (non-hydrogen) atoms. The second-order valence-corrected chi connectivity index (χ2v) is 21.8. The Hall–Kier alpha value is -6.86. The molecule has 38 heteroatoms. The van der Waals surface area contributed by atoms with E-state index in [1.54, 1.807) is 0 Å². The molecule has 0 saturated carbocycles. The van der Waals surface area contributed by atoms with Crippen LogP contribution in [0.2, 0.25) is 0 Å². The fourth-order valence-corrected chi connectivity index (χ4v) is 10.2. The molecule has 0 aliphatic heterocycles. The van der Waals surface area contributed by atoms with Crippen LogP contribution in [0, 0.1) is 0 Å². The Bertz CT molecular complexity index is 3610. The molecule has 394 valence electrons. The van der Waals surface area contributed by atoms with Gasteiger partial charge in [-0.05, 0) is 78.4 Å². The summed E-state index contributed by atoms with van der Waals surface area (Å²) in [5, 5.41) is 88.7. The van der Waals surface area contributed by atoms with Gasteiger partial charge in [0.15, 0.2) is 43.4 Å². The minimum absolute atomic E-state index is 0.0500. The highest BCUT2D eigenvalue weighted by Gasteiger charge is 2.27. The summed E-state index contributed by atoms with van der Waals surface area (Å²) in [5.74, 6) is -6.64. The molecular weight excluding hydrogens is 1120 g/mol. The molecule has 0 aliphatic carbocycles. The zero-order chi connectivity index (χ0) is 54.2. The van der Waals surface area contributed by atoms with E-state index in [1.807, 2.05) is 0 Å². The van der Waals surface area contributed by atoms with Crippen LogP contribution in [0.3, 0.4) is 0 Å². The van der Waals surface area contributed by atoms with Crippen LogP contribution in [0.15, 0.2) is 125 Å². The minimum atomic E-state index is -5.18. The van der Waals surface area contributed by atoms with Crippen LogP contribution >= 0.6 is 24.4 Å². The van der Waals surface area contributed by atoms with E-state index in [0.29, 0.717) is 9.36 Å². The Morgan fingerprint density at radius 3 is 1.50 bits per heavy atom. The molecule has 6 aromatic rings. The summed E-state index contributed by atoms with van der Waals surface area (Å²) in [5.41, 5.74) is -4.20. The largest absolute Gasteiger partial charge is 0.492 e. The fourth-order valence-electron chi connectivity index (χ4n) is 6.06. The number of carbonyl (C=O) groups is 2. The van der Waals surface area contributed by atoms with Crippen LogP contribution in [0.5, 0.6) is 11.8 Å². The first-order chi connectivity index (χ1) is 34.8. The molecule has 0 atom stereocenters. The van der Waals surface area contributed by atoms with Gasteiger partial charge in [-0.3, -0.25) is 13.3 Å². The van der Waals surface area contributed by atoms with Crippen molar-refractivity contribution >= 4 is 99.2 Å². The van der Waals surface area contributed by atoms with Crippen molar-refractivity contribution in [3.8, 4) is 34.3 Å². The Labute approximate surface area is 422 Å². The molecule has 0 unspecified atom stereocenters. The van der Waals surface area contributed by atoms with Gasteiger partial charge in [0.25, 0.3) is 10.1 Å². The third-order valence-corrected chi connectivity index (χ3v) is 15.0. The van der Waals surface area contributed by atoms with Crippen molar-refractivity contribution in [3.63, 3.8) is 0 Å². The number of hydrogen-bond acceptors (Lipinski definition) is 28. The topological polar surface area (TPSA) is 473 Å². The van der Waals surface area contributed by atoms with Gasteiger partial charge < -0.3 is 20.4 Å². The average Bonchev–Trinajstić information content (AvgIpc) is 3.86. The predicted molar refractivity (Wildman–Crippen MR) is 245 cm³/mol. The number of sulfone groups is 2. The summed E-state index contributed by atoms with van der Waals surface area (Å²) in [6.45, 7) is -1.30. The lowest BCUT2D eigenvalue weighted by Gasteiger charge is -2.12. The lowest BCUT2D eigenvalue weighted by molar-refractivity contribution is -0.434. The second kappa shape index (κ2) is 23.6. The van der Waals surface area contributed by atoms with E-state index in [0.717, 1.165) is 60.7 Å². The molecule has 2 heterocycles. The van der Waals surface area contributed by atoms with Gasteiger partial charge in [0.1, 0.15) is 4.90 Å². The molecule has 2 aromatic heterocycles. The van der Waals surface area contributed by atoms with Crippen molar-refractivity contribution in [2.24, 2.45) is 20.5 Å². The predicted octanol–water partition coefficient (Wildman–Crippen LogP) is 5.41. The van der Waals surface area contributed by atoms with Crippen molar-refractivity contribution in [2.75, 3.05) is 24.7 Å². The van der Waals surface area contributed by atoms with Crippen molar-refractivity contribution < 1.29 is 110 Å². The number of aromatic carboxylic acids is 2. The van der Waals surface area contributed by atoms with Gasteiger partial charge in [0, 0.05) is 10.5 Å². The smallest absolute Gasteiger partial charge is 0.397 e. The summed E-state index contributed by atoms with van der Waals surface area (Å²) >= 11 is 0.427. The van der Waals surface area contributed by atoms with E-state index in [-0.39, 0.29) is 79.5 Å². The zero-order valence-corrected chi connectivity index (χ0v) is 40.9. The summed E-state index contributed by atoms with van der Waals surface area (Å²) < 4.78 is 135. The van der Waals surface area contributed by atoms with E-state index in [1.165, 1.54) is 24.3 Å². The molecule has 6 rings (SSSR count). The van der Waals surface area contributed by atoms with Crippen LogP contribution in [-0.4, -0.2) is 130 Å². The summed E-state index contributed by atoms with van der Waals surface area (Å²) in [6, 6.07) is 15.4. The van der Waals surface area contributed by atoms with E-state index < -0.39 is 110 Å². The summed E-state index contributed by atoms with van der Waals surface area (Å²) in [4.78, 5) is 22.8. The first-order valence-electron chi connectivity index (χ1n) is 19.2. The standard InChI is InChI=1S/C36H30N8O24S6/c45-33-29(31(35(47)48)41-43(33)22-5-9-24(10-6-22)72(55,56)16-14-64-74(60,61)62)39-37-19-1-11-25(27(17-19)69-67-65-51)26-12-2-20(18-28(26)73(57,58)59)38-40-30-32(36(49)50)42-44(34(30)46)21-3-7-23(8-4-21)71(53,54)15-13-63-70-68-66-52/h1-12,17-18,45-46,51-52H,13-16H2,(H,47,48)(H,49,50)(H,57,58,59)(H,60,61,62)/b39-37+,40-38+. The first kappa shape index (κ1) is 56.4. The van der Waals surface area contributed by atoms with Gasteiger partial charge in [0.05, 0.1) is 69.3 Å². The molecular formula is C36H30N8O24S6. The van der Waals surface area contributed by atoms with Gasteiger partial charge in [0.2, 0.25) is 23.1 Å². The molecule has 0 bridgehead atoms. The van der Waals surface area contributed by atoms with E-state index in [2.05, 4.69) is 53.6 Å². The third-order valence-electron chi connectivity index (χ3n) is 9.27. The first-order valence-corrected chi connectivity index (χ1v) is 26.8. The minimum Gasteiger partial charge on any atom is -0.492 e. The van der Waals surface area contributed by atoms with Crippen LogP contribution in [0.4, 0.5) is 22.7 Å². The molecule has 0 spiro atoms. The van der Waals surface area contributed by atoms with Gasteiger partial charge in [-0.2, -0.15) is 46.6 Å². The molecule has 0 fully saturated rings. The molecule has 0 aliphatic rings. The SMILES string of the molecule is O=C(O)c1nn(-c2ccc(S(=O)(=O)CCOS(=O)(=O)O)cc2)c(O)c1/N=N/c1ccc(-c2ccc(/N=N/c3c(C(=O)O)nn(-c4ccc(S(=O)(=O)CCOSOOO)cc4)c3O)cc2S(=O)(=O)O)c(SOOO)c1. The number of azo groups is 2. The second-order valence-electron chi connectivity index (χ2n) is 13.8. The number of aromatic hydroxyl groups is 2. The summed E-state index contributed by atoms with van der Waals surface area (Å²) in [7, 11) is -18.2.